The van der Waals surface area contributed by atoms with Crippen LogP contribution in [0.25, 0.3) is 0 Å². The van der Waals surface area contributed by atoms with E-state index in [1.54, 1.807) is 29.2 Å². The summed E-state index contributed by atoms with van der Waals surface area (Å²) in [4.78, 5) is 14.7. The quantitative estimate of drug-likeness (QED) is 0.759. The number of benzene rings is 2. The lowest BCUT2D eigenvalue weighted by Gasteiger charge is -2.28. The first-order valence-corrected chi connectivity index (χ1v) is 10.6. The van der Waals surface area contributed by atoms with E-state index in [1.165, 1.54) is 0 Å². The van der Waals surface area contributed by atoms with Crippen molar-refractivity contribution in [1.82, 2.24) is 0 Å². The lowest BCUT2D eigenvalue weighted by molar-refractivity contribution is -0.117. The predicted octanol–water partition coefficient (Wildman–Crippen LogP) is 3.19. The van der Waals surface area contributed by atoms with Gasteiger partial charge in [-0.1, -0.05) is 30.3 Å². The van der Waals surface area contributed by atoms with Crippen LogP contribution in [0, 0.1) is 0 Å². The van der Waals surface area contributed by atoms with E-state index < -0.39 is 10.0 Å². The number of carbonyl (C=O) groups is 1. The van der Waals surface area contributed by atoms with Gasteiger partial charge in [-0.25, -0.2) is 8.42 Å². The number of halogens is 1. The minimum absolute atomic E-state index is 0.00512. The number of amides is 1. The van der Waals surface area contributed by atoms with Crippen molar-refractivity contribution in [2.24, 2.45) is 0 Å². The highest BCUT2D eigenvalue weighted by molar-refractivity contribution is 9.10. The average Bonchev–Trinajstić information content (AvgIpc) is 2.88. The molecule has 1 heterocycles. The topological polar surface area (TPSA) is 57.7 Å². The number of anilines is 2. The summed E-state index contributed by atoms with van der Waals surface area (Å²) in [7, 11) is -3.60. The average molecular weight is 423 g/mol. The largest absolute Gasteiger partial charge is 0.307 e. The molecule has 3 rings (SSSR count). The number of carbonyl (C=O) groups excluding carboxylic acids is 1. The van der Waals surface area contributed by atoms with Gasteiger partial charge in [0.15, 0.2) is 0 Å². The Labute approximate surface area is 156 Å². The Bertz CT molecular complexity index is 914. The third-order valence-corrected chi connectivity index (χ3v) is 6.07. The third-order valence-electron chi connectivity index (χ3n) is 4.28. The zero-order valence-corrected chi connectivity index (χ0v) is 16.4. The van der Waals surface area contributed by atoms with Gasteiger partial charge in [0.05, 0.1) is 11.9 Å². The summed E-state index contributed by atoms with van der Waals surface area (Å²) in [6.07, 6.45) is 1.89. The first-order chi connectivity index (χ1) is 11.8. The molecule has 2 aromatic rings. The van der Waals surface area contributed by atoms with Gasteiger partial charge in [-0.15, -0.1) is 0 Å². The minimum Gasteiger partial charge on any atom is -0.307 e. The van der Waals surface area contributed by atoms with Crippen molar-refractivity contribution < 1.29 is 13.2 Å². The molecule has 0 fully saturated rings. The molecule has 1 atom stereocenters. The van der Waals surface area contributed by atoms with E-state index in [9.17, 15) is 13.2 Å². The molecule has 0 saturated heterocycles. The van der Waals surface area contributed by atoms with Gasteiger partial charge in [0, 0.05) is 16.2 Å². The molecule has 1 aliphatic heterocycles. The van der Waals surface area contributed by atoms with Crippen LogP contribution in [0.1, 0.15) is 12.5 Å². The fourth-order valence-electron chi connectivity index (χ4n) is 3.18. The van der Waals surface area contributed by atoms with E-state index in [0.717, 1.165) is 28.2 Å². The maximum Gasteiger partial charge on any atom is 0.248 e. The molecule has 0 aliphatic carbocycles. The number of nitrogens with zero attached hydrogens (tertiary/aromatic N) is 2. The third kappa shape index (κ3) is 3.57. The lowest BCUT2D eigenvalue weighted by Crippen LogP contribution is -2.45. The molecule has 0 aromatic heterocycles. The summed E-state index contributed by atoms with van der Waals surface area (Å²) >= 11 is 3.37. The second-order valence-corrected chi connectivity index (χ2v) is 8.93. The van der Waals surface area contributed by atoms with Gasteiger partial charge in [-0.3, -0.25) is 9.10 Å². The van der Waals surface area contributed by atoms with E-state index in [2.05, 4.69) is 15.9 Å². The van der Waals surface area contributed by atoms with Crippen molar-refractivity contribution in [3.63, 3.8) is 0 Å². The standard InChI is InChI=1S/C18H19BrN2O3S/c1-13-11-14-7-3-5-9-16(14)21(13)18(22)12-20(25(2,23)24)17-10-6-4-8-15(17)19/h3-10,13H,11-12H2,1-2H3/t13-/m0/s1. The minimum atomic E-state index is -3.60. The van der Waals surface area contributed by atoms with Gasteiger partial charge >= 0.3 is 0 Å². The van der Waals surface area contributed by atoms with Crippen LogP contribution in [0.15, 0.2) is 53.0 Å². The highest BCUT2D eigenvalue weighted by Crippen LogP contribution is 2.33. The molecule has 5 nitrogen and oxygen atoms in total. The molecule has 0 unspecified atom stereocenters. The lowest BCUT2D eigenvalue weighted by atomic mass is 10.1. The predicted molar refractivity (Wildman–Crippen MR) is 103 cm³/mol. The monoisotopic (exact) mass is 422 g/mol. The van der Waals surface area contributed by atoms with Crippen molar-refractivity contribution >= 4 is 43.2 Å². The van der Waals surface area contributed by atoms with Crippen LogP contribution in [0.3, 0.4) is 0 Å². The molecule has 0 N–H and O–H groups in total. The van der Waals surface area contributed by atoms with Gasteiger partial charge < -0.3 is 4.90 Å². The van der Waals surface area contributed by atoms with Crippen LogP contribution < -0.4 is 9.21 Å². The number of hydrogen-bond acceptors (Lipinski definition) is 3. The maximum atomic E-state index is 13.0. The van der Waals surface area contributed by atoms with E-state index in [4.69, 9.17) is 0 Å². The van der Waals surface area contributed by atoms with Crippen molar-refractivity contribution in [3.05, 3.63) is 58.6 Å². The Morgan fingerprint density at radius 3 is 2.52 bits per heavy atom. The number of para-hydroxylation sites is 2. The zero-order chi connectivity index (χ0) is 18.2. The molecule has 25 heavy (non-hydrogen) atoms. The van der Waals surface area contributed by atoms with Gasteiger partial charge in [-0.2, -0.15) is 0 Å². The van der Waals surface area contributed by atoms with Crippen molar-refractivity contribution in [1.29, 1.82) is 0 Å². The molecular formula is C18H19BrN2O3S. The van der Waals surface area contributed by atoms with Crippen LogP contribution in [0.5, 0.6) is 0 Å². The van der Waals surface area contributed by atoms with E-state index in [0.29, 0.717) is 10.2 Å². The molecular weight excluding hydrogens is 404 g/mol. The second kappa shape index (κ2) is 6.80. The Hall–Kier alpha value is -1.86. The molecule has 0 spiro atoms. The molecule has 1 amide bonds. The second-order valence-electron chi connectivity index (χ2n) is 6.17. The van der Waals surface area contributed by atoms with Crippen LogP contribution in [0.4, 0.5) is 11.4 Å². The van der Waals surface area contributed by atoms with Crippen LogP contribution in [0.2, 0.25) is 0 Å². The molecule has 0 bridgehead atoms. The Balaban J connectivity index is 1.94. The van der Waals surface area contributed by atoms with Gasteiger partial charge in [0.2, 0.25) is 15.9 Å². The maximum absolute atomic E-state index is 13.0. The SMILES string of the molecule is C[C@H]1Cc2ccccc2N1C(=O)CN(c1ccccc1Br)S(C)(=O)=O. The number of fused-ring (bicyclic) bond motifs is 1. The summed E-state index contributed by atoms with van der Waals surface area (Å²) in [6.45, 7) is 1.74. The smallest absolute Gasteiger partial charge is 0.248 e. The number of hydrogen-bond donors (Lipinski definition) is 0. The van der Waals surface area contributed by atoms with Crippen molar-refractivity contribution in [2.45, 2.75) is 19.4 Å². The summed E-state index contributed by atoms with van der Waals surface area (Å²) in [6, 6.07) is 14.7. The molecule has 2 aromatic carbocycles. The molecule has 7 heteroatoms. The Morgan fingerprint density at radius 1 is 1.20 bits per heavy atom. The summed E-state index contributed by atoms with van der Waals surface area (Å²) in [5.41, 5.74) is 2.43. The summed E-state index contributed by atoms with van der Waals surface area (Å²) in [5.74, 6) is -0.237. The highest BCUT2D eigenvalue weighted by Gasteiger charge is 2.33. The highest BCUT2D eigenvalue weighted by atomic mass is 79.9. The number of sulfonamides is 1. The Morgan fingerprint density at radius 2 is 1.84 bits per heavy atom. The molecule has 0 saturated carbocycles. The fourth-order valence-corrected chi connectivity index (χ4v) is 4.66. The summed E-state index contributed by atoms with van der Waals surface area (Å²) in [5, 5.41) is 0. The van der Waals surface area contributed by atoms with Gasteiger partial charge in [0.1, 0.15) is 6.54 Å². The zero-order valence-electron chi connectivity index (χ0n) is 14.0. The van der Waals surface area contributed by atoms with E-state index in [1.807, 2.05) is 31.2 Å². The molecule has 0 radical (unpaired) electrons. The van der Waals surface area contributed by atoms with Crippen LogP contribution in [-0.2, 0) is 21.2 Å². The first kappa shape index (κ1) is 17.9. The normalized spacial score (nSPS) is 16.6. The molecule has 1 aliphatic rings. The fraction of sp³-hybridized carbons (Fsp3) is 0.278. The van der Waals surface area contributed by atoms with E-state index in [-0.39, 0.29) is 18.5 Å². The van der Waals surface area contributed by atoms with Crippen LogP contribution in [-0.4, -0.2) is 33.2 Å². The first-order valence-electron chi connectivity index (χ1n) is 7.91. The molecule has 132 valence electrons. The van der Waals surface area contributed by atoms with Gasteiger partial charge in [0.25, 0.3) is 0 Å². The van der Waals surface area contributed by atoms with Crippen molar-refractivity contribution in [2.75, 3.05) is 22.0 Å². The van der Waals surface area contributed by atoms with E-state index >= 15 is 0 Å². The van der Waals surface area contributed by atoms with Crippen molar-refractivity contribution in [3.8, 4) is 0 Å². The summed E-state index contributed by atoms with van der Waals surface area (Å²) < 4.78 is 26.4. The van der Waals surface area contributed by atoms with Crippen LogP contribution >= 0.6 is 15.9 Å². The van der Waals surface area contributed by atoms with Gasteiger partial charge in [-0.05, 0) is 53.0 Å². The number of rotatable bonds is 4. The Kier molecular flexibility index (Phi) is 4.88.